The lowest BCUT2D eigenvalue weighted by Crippen LogP contribution is -2.50. The number of benzene rings is 1. The van der Waals surface area contributed by atoms with E-state index in [-0.39, 0.29) is 47.9 Å². The maximum absolute atomic E-state index is 13.6. The van der Waals surface area contributed by atoms with Crippen molar-refractivity contribution >= 4 is 46.2 Å². The molecule has 3 aromatic rings. The van der Waals surface area contributed by atoms with Crippen molar-refractivity contribution in [1.82, 2.24) is 29.2 Å². The number of anilines is 1. The number of halogens is 4. The molecule has 234 valence electrons. The Bertz CT molecular complexity index is 1700. The molecule has 0 spiro atoms. The molecule has 1 atom stereocenters. The number of amides is 4. The monoisotopic (exact) mass is 633 g/mol. The lowest BCUT2D eigenvalue weighted by atomic mass is 9.92. The van der Waals surface area contributed by atoms with Gasteiger partial charge < -0.3 is 25.0 Å². The average Bonchev–Trinajstić information content (AvgIpc) is 3.09. The van der Waals surface area contributed by atoms with Crippen LogP contribution < -0.4 is 11.0 Å². The lowest BCUT2D eigenvalue weighted by molar-refractivity contribution is -0.165. The molecule has 3 aliphatic heterocycles. The van der Waals surface area contributed by atoms with Crippen molar-refractivity contribution in [3.63, 3.8) is 0 Å². The van der Waals surface area contributed by atoms with E-state index in [2.05, 4.69) is 15.3 Å². The van der Waals surface area contributed by atoms with Gasteiger partial charge in [0, 0.05) is 63.9 Å². The molecule has 0 aliphatic carbocycles. The number of aromatic nitrogens is 3. The first-order valence-corrected chi connectivity index (χ1v) is 14.8. The number of rotatable bonds is 4. The maximum atomic E-state index is 13.6. The summed E-state index contributed by atoms with van der Waals surface area (Å²) >= 11 is 6.44. The van der Waals surface area contributed by atoms with Crippen LogP contribution in [-0.4, -0.2) is 85.5 Å². The van der Waals surface area contributed by atoms with Gasteiger partial charge in [0.1, 0.15) is 6.54 Å². The third-order valence-corrected chi connectivity index (χ3v) is 9.13. The van der Waals surface area contributed by atoms with Crippen molar-refractivity contribution in [2.75, 3.05) is 31.5 Å². The van der Waals surface area contributed by atoms with Crippen LogP contribution in [0.15, 0.2) is 29.2 Å². The number of H-pyrrole nitrogens is 1. The Balaban J connectivity index is 1.18. The number of carbonyl (C=O) groups is 3. The summed E-state index contributed by atoms with van der Waals surface area (Å²) in [4.78, 5) is 63.3. The van der Waals surface area contributed by atoms with Gasteiger partial charge in [-0.15, -0.1) is 0 Å². The molecule has 5 heterocycles. The van der Waals surface area contributed by atoms with E-state index in [1.54, 1.807) is 28.1 Å². The largest absolute Gasteiger partial charge is 0.406 e. The fourth-order valence-electron chi connectivity index (χ4n) is 6.64. The van der Waals surface area contributed by atoms with E-state index >= 15 is 0 Å². The SMILES string of the molecule is Cn1c(=O)[nH]c2c(Cl)cc3c(c21)CN(CC(F)(F)F)C(=O)[C@H](CC(=O)N1CCC(N2CCc4ncccc4NC2=O)CC1)C3. The second kappa shape index (κ2) is 11.5. The first-order valence-electron chi connectivity index (χ1n) is 14.4. The Morgan fingerprint density at radius 1 is 1.16 bits per heavy atom. The van der Waals surface area contributed by atoms with Crippen molar-refractivity contribution in [2.24, 2.45) is 13.0 Å². The van der Waals surface area contributed by atoms with Crippen LogP contribution in [-0.2, 0) is 36.0 Å². The minimum atomic E-state index is -4.66. The summed E-state index contributed by atoms with van der Waals surface area (Å²) in [7, 11) is 1.48. The number of fused-ring (bicyclic) bond motifs is 4. The summed E-state index contributed by atoms with van der Waals surface area (Å²) in [5, 5.41) is 3.11. The zero-order valence-corrected chi connectivity index (χ0v) is 24.7. The predicted molar refractivity (Wildman–Crippen MR) is 155 cm³/mol. The number of pyridine rings is 1. The molecule has 1 aromatic carbocycles. The van der Waals surface area contributed by atoms with E-state index in [0.717, 1.165) is 5.69 Å². The Kier molecular flexibility index (Phi) is 7.80. The smallest absolute Gasteiger partial charge is 0.343 e. The highest BCUT2D eigenvalue weighted by molar-refractivity contribution is 6.35. The van der Waals surface area contributed by atoms with E-state index in [1.165, 1.54) is 11.6 Å². The fraction of sp³-hybridized carbons (Fsp3) is 0.483. The molecule has 6 rings (SSSR count). The van der Waals surface area contributed by atoms with E-state index < -0.39 is 30.2 Å². The van der Waals surface area contributed by atoms with Crippen molar-refractivity contribution in [3.05, 3.63) is 56.7 Å². The number of likely N-dealkylation sites (tertiary alicyclic amines) is 1. The first kappa shape index (κ1) is 30.0. The van der Waals surface area contributed by atoms with Gasteiger partial charge in [-0.3, -0.25) is 19.1 Å². The number of carbonyl (C=O) groups excluding carboxylic acids is 3. The van der Waals surface area contributed by atoms with Crippen molar-refractivity contribution < 1.29 is 27.6 Å². The van der Waals surface area contributed by atoms with Crippen molar-refractivity contribution in [1.29, 1.82) is 0 Å². The van der Waals surface area contributed by atoms with E-state index in [9.17, 15) is 32.3 Å². The van der Waals surface area contributed by atoms with Crippen LogP contribution in [0.3, 0.4) is 0 Å². The van der Waals surface area contributed by atoms with Gasteiger partial charge in [0.15, 0.2) is 0 Å². The number of hydrogen-bond acceptors (Lipinski definition) is 5. The second-order valence-corrected chi connectivity index (χ2v) is 12.0. The second-order valence-electron chi connectivity index (χ2n) is 11.6. The molecular formula is C29H31ClF3N7O4. The van der Waals surface area contributed by atoms with Crippen LogP contribution in [0.25, 0.3) is 11.0 Å². The quantitative estimate of drug-likeness (QED) is 0.456. The Hall–Kier alpha value is -4.07. The summed E-state index contributed by atoms with van der Waals surface area (Å²) < 4.78 is 42.1. The van der Waals surface area contributed by atoms with Crippen LogP contribution >= 0.6 is 11.6 Å². The van der Waals surface area contributed by atoms with Gasteiger partial charge in [0.25, 0.3) is 0 Å². The fourth-order valence-corrected chi connectivity index (χ4v) is 6.91. The summed E-state index contributed by atoms with van der Waals surface area (Å²) in [6, 6.07) is 4.81. The van der Waals surface area contributed by atoms with Crippen molar-refractivity contribution in [3.8, 4) is 0 Å². The predicted octanol–water partition coefficient (Wildman–Crippen LogP) is 3.45. The summed E-state index contributed by atoms with van der Waals surface area (Å²) in [5.41, 5.74) is 2.55. The maximum Gasteiger partial charge on any atom is 0.406 e. The molecule has 15 heteroatoms. The molecule has 4 amide bonds. The van der Waals surface area contributed by atoms with E-state index in [1.807, 2.05) is 6.07 Å². The normalized spacial score (nSPS) is 19.8. The Morgan fingerprint density at radius 3 is 2.64 bits per heavy atom. The van der Waals surface area contributed by atoms with Crippen molar-refractivity contribution in [2.45, 2.75) is 50.9 Å². The highest BCUT2D eigenvalue weighted by Gasteiger charge is 2.40. The molecule has 3 aliphatic rings. The minimum Gasteiger partial charge on any atom is -0.343 e. The summed E-state index contributed by atoms with van der Waals surface area (Å²) in [5.74, 6) is -2.16. The van der Waals surface area contributed by atoms with Crippen LogP contribution in [0.2, 0.25) is 5.02 Å². The molecule has 44 heavy (non-hydrogen) atoms. The number of aromatic amines is 1. The lowest BCUT2D eigenvalue weighted by Gasteiger charge is -2.38. The molecule has 2 aromatic heterocycles. The van der Waals surface area contributed by atoms with Crippen LogP contribution in [0, 0.1) is 5.92 Å². The van der Waals surface area contributed by atoms with E-state index in [4.69, 9.17) is 11.6 Å². The topological polar surface area (TPSA) is 124 Å². The molecule has 0 bridgehead atoms. The first-order chi connectivity index (χ1) is 20.9. The van der Waals surface area contributed by atoms with Crippen LogP contribution in [0.5, 0.6) is 0 Å². The number of hydrogen-bond donors (Lipinski definition) is 2. The molecule has 1 fully saturated rings. The van der Waals surface area contributed by atoms with Gasteiger partial charge in [-0.05, 0) is 43.0 Å². The highest BCUT2D eigenvalue weighted by Crippen LogP contribution is 2.35. The van der Waals surface area contributed by atoms with Gasteiger partial charge in [0.05, 0.1) is 33.4 Å². The Labute approximate surface area is 254 Å². The molecule has 0 unspecified atom stereocenters. The number of urea groups is 1. The Morgan fingerprint density at radius 2 is 1.91 bits per heavy atom. The third kappa shape index (κ3) is 5.74. The number of piperidine rings is 1. The molecule has 0 saturated carbocycles. The van der Waals surface area contributed by atoms with E-state index in [0.29, 0.717) is 66.1 Å². The van der Waals surface area contributed by atoms with Crippen LogP contribution in [0.4, 0.5) is 23.7 Å². The van der Waals surface area contributed by atoms with Gasteiger partial charge in [-0.2, -0.15) is 13.2 Å². The number of aryl methyl sites for hydroxylation is 1. The highest BCUT2D eigenvalue weighted by atomic mass is 35.5. The number of nitrogens with zero attached hydrogens (tertiary/aromatic N) is 5. The molecule has 11 nitrogen and oxygen atoms in total. The number of imidazole rings is 1. The third-order valence-electron chi connectivity index (χ3n) is 8.83. The zero-order chi connectivity index (χ0) is 31.3. The van der Waals surface area contributed by atoms with Gasteiger partial charge in [-0.25, -0.2) is 9.59 Å². The molecule has 0 radical (unpaired) electrons. The molecule has 1 saturated heterocycles. The van der Waals surface area contributed by atoms with Gasteiger partial charge >= 0.3 is 17.9 Å². The molecular weight excluding hydrogens is 603 g/mol. The van der Waals surface area contributed by atoms with Gasteiger partial charge in [-0.1, -0.05) is 11.6 Å². The number of nitrogens with one attached hydrogen (secondary N) is 2. The zero-order valence-electron chi connectivity index (χ0n) is 23.9. The average molecular weight is 634 g/mol. The minimum absolute atomic E-state index is 0.00228. The number of alkyl halides is 3. The summed E-state index contributed by atoms with van der Waals surface area (Å²) in [6.45, 7) is -0.677. The van der Waals surface area contributed by atoms with Crippen LogP contribution in [0.1, 0.15) is 36.1 Å². The standard InChI is InChI=1S/C29H31ClF3N7O4/c1-37-25-19-14-39(15-29(31,32)33)26(42)17(11-16(19)12-20(30)24(25)36-27(37)43)13-23(41)38-8-4-18(5-9-38)40-10-6-21-22(35-28(40)44)3-2-7-34-21/h2-3,7,12,17-18H,4-6,8-11,13-15H2,1H3,(H,35,44)(H,36,43)/t17-/m0/s1. The van der Waals surface area contributed by atoms with Gasteiger partial charge in [0.2, 0.25) is 11.8 Å². The molecule has 2 N–H and O–H groups in total. The summed E-state index contributed by atoms with van der Waals surface area (Å²) in [6.07, 6.45) is -1.60.